The van der Waals surface area contributed by atoms with Crippen molar-refractivity contribution >= 4 is 19.1 Å². The molecule has 15 heavy (non-hydrogen) atoms. The Morgan fingerprint density at radius 3 is 2.67 bits per heavy atom. The fraction of sp³-hybridized carbons (Fsp3) is 0.231. The second-order valence-electron chi connectivity index (χ2n) is 4.62. The molecule has 0 fully saturated rings. The van der Waals surface area contributed by atoms with Crippen LogP contribution in [-0.4, -0.2) is 8.32 Å². The van der Waals surface area contributed by atoms with Crippen LogP contribution in [0.3, 0.4) is 0 Å². The van der Waals surface area contributed by atoms with Crippen molar-refractivity contribution < 1.29 is 4.43 Å². The average Bonchev–Trinajstić information content (AvgIpc) is 2.16. The SMILES string of the molecule is C[Si](C)(C)Oc1cccc2c[c]ccc12. The van der Waals surface area contributed by atoms with Crippen LogP contribution < -0.4 is 4.43 Å². The first-order chi connectivity index (χ1) is 7.06. The molecule has 77 valence electrons. The Labute approximate surface area is 91.8 Å². The van der Waals surface area contributed by atoms with Gasteiger partial charge in [-0.05, 0) is 43.2 Å². The Hall–Kier alpha value is -1.28. The first-order valence-electron chi connectivity index (χ1n) is 5.14. The van der Waals surface area contributed by atoms with Crippen LogP contribution in [0.25, 0.3) is 10.8 Å². The van der Waals surface area contributed by atoms with Gasteiger partial charge >= 0.3 is 0 Å². The van der Waals surface area contributed by atoms with Crippen LogP contribution in [0.5, 0.6) is 5.75 Å². The number of hydrogen-bond donors (Lipinski definition) is 0. The normalized spacial score (nSPS) is 11.7. The molecule has 2 aromatic rings. The van der Waals surface area contributed by atoms with Crippen LogP contribution in [0.1, 0.15) is 0 Å². The van der Waals surface area contributed by atoms with Crippen LogP contribution in [0, 0.1) is 6.07 Å². The van der Waals surface area contributed by atoms with Gasteiger partial charge in [-0.15, -0.1) is 0 Å². The summed E-state index contributed by atoms with van der Waals surface area (Å²) >= 11 is 0. The van der Waals surface area contributed by atoms with Crippen molar-refractivity contribution in [3.05, 3.63) is 42.5 Å². The summed E-state index contributed by atoms with van der Waals surface area (Å²) in [4.78, 5) is 0. The first kappa shape index (κ1) is 10.2. The van der Waals surface area contributed by atoms with Crippen molar-refractivity contribution in [2.75, 3.05) is 0 Å². The van der Waals surface area contributed by atoms with Gasteiger partial charge in [0, 0.05) is 5.39 Å². The molecule has 0 spiro atoms. The third-order valence-electron chi connectivity index (χ3n) is 2.10. The Kier molecular flexibility index (Phi) is 2.53. The lowest BCUT2D eigenvalue weighted by atomic mass is 10.1. The summed E-state index contributed by atoms with van der Waals surface area (Å²) in [6.07, 6.45) is 0. The van der Waals surface area contributed by atoms with Crippen LogP contribution in [0.4, 0.5) is 0 Å². The maximum Gasteiger partial charge on any atom is 0.242 e. The van der Waals surface area contributed by atoms with Gasteiger partial charge in [-0.25, -0.2) is 0 Å². The predicted octanol–water partition coefficient (Wildman–Crippen LogP) is 3.85. The molecular formula is C13H15OSi. The van der Waals surface area contributed by atoms with Crippen molar-refractivity contribution in [1.82, 2.24) is 0 Å². The van der Waals surface area contributed by atoms with Crippen LogP contribution in [-0.2, 0) is 0 Å². The average molecular weight is 215 g/mol. The highest BCUT2D eigenvalue weighted by Crippen LogP contribution is 2.27. The molecular weight excluding hydrogens is 200 g/mol. The predicted molar refractivity (Wildman–Crippen MR) is 66.8 cm³/mol. The molecule has 0 saturated heterocycles. The molecule has 0 saturated carbocycles. The van der Waals surface area contributed by atoms with Gasteiger partial charge in [0.05, 0.1) is 0 Å². The van der Waals surface area contributed by atoms with E-state index in [-0.39, 0.29) is 0 Å². The molecule has 0 bridgehead atoms. The molecule has 1 radical (unpaired) electrons. The van der Waals surface area contributed by atoms with E-state index in [9.17, 15) is 0 Å². The summed E-state index contributed by atoms with van der Waals surface area (Å²) in [6, 6.07) is 15.2. The lowest BCUT2D eigenvalue weighted by Crippen LogP contribution is -2.29. The number of hydrogen-bond acceptors (Lipinski definition) is 1. The quantitative estimate of drug-likeness (QED) is 0.691. The molecule has 0 aliphatic rings. The van der Waals surface area contributed by atoms with Crippen LogP contribution in [0.2, 0.25) is 19.6 Å². The number of rotatable bonds is 2. The summed E-state index contributed by atoms with van der Waals surface area (Å²) < 4.78 is 6.04. The zero-order valence-corrected chi connectivity index (χ0v) is 10.4. The standard InChI is InChI=1S/C13H15OSi/c1-15(2,3)14-13-10-6-8-11-7-4-5-9-12(11)13/h5-10H,1-3H3. The Bertz CT molecular complexity index is 466. The lowest BCUT2D eigenvalue weighted by Gasteiger charge is -2.20. The van der Waals surface area contributed by atoms with Gasteiger partial charge in [0.2, 0.25) is 8.32 Å². The van der Waals surface area contributed by atoms with Gasteiger partial charge in [-0.2, -0.15) is 0 Å². The minimum Gasteiger partial charge on any atom is -0.544 e. The minimum absolute atomic E-state index is 1.00. The van der Waals surface area contributed by atoms with Gasteiger partial charge in [0.1, 0.15) is 5.75 Å². The number of fused-ring (bicyclic) bond motifs is 1. The van der Waals surface area contributed by atoms with E-state index >= 15 is 0 Å². The van der Waals surface area contributed by atoms with Crippen LogP contribution >= 0.6 is 0 Å². The van der Waals surface area contributed by atoms with E-state index in [4.69, 9.17) is 4.43 Å². The maximum atomic E-state index is 6.04. The molecule has 2 rings (SSSR count). The third-order valence-corrected chi connectivity index (χ3v) is 2.93. The van der Waals surface area contributed by atoms with E-state index in [0.29, 0.717) is 0 Å². The van der Waals surface area contributed by atoms with Gasteiger partial charge in [-0.1, -0.05) is 24.3 Å². The van der Waals surface area contributed by atoms with E-state index in [1.54, 1.807) is 0 Å². The Morgan fingerprint density at radius 1 is 1.13 bits per heavy atom. The molecule has 0 aliphatic heterocycles. The van der Waals surface area contributed by atoms with E-state index in [1.165, 1.54) is 10.8 Å². The summed E-state index contributed by atoms with van der Waals surface area (Å²) in [6.45, 7) is 6.59. The maximum absolute atomic E-state index is 6.04. The van der Waals surface area contributed by atoms with Gasteiger partial charge in [0.15, 0.2) is 0 Å². The molecule has 2 aromatic carbocycles. The molecule has 0 N–H and O–H groups in total. The monoisotopic (exact) mass is 215 g/mol. The molecule has 0 unspecified atom stereocenters. The summed E-state index contributed by atoms with van der Waals surface area (Å²) in [5.41, 5.74) is 0. The molecule has 0 atom stereocenters. The highest BCUT2D eigenvalue weighted by Gasteiger charge is 2.17. The van der Waals surface area contributed by atoms with Gasteiger partial charge in [-0.3, -0.25) is 0 Å². The summed E-state index contributed by atoms with van der Waals surface area (Å²) in [5, 5.41) is 2.37. The fourth-order valence-corrected chi connectivity index (χ4v) is 2.39. The van der Waals surface area contributed by atoms with Crippen molar-refractivity contribution in [1.29, 1.82) is 0 Å². The summed E-state index contributed by atoms with van der Waals surface area (Å²) in [5.74, 6) is 1.00. The molecule has 0 heterocycles. The highest BCUT2D eigenvalue weighted by molar-refractivity contribution is 6.70. The second-order valence-corrected chi connectivity index (χ2v) is 9.05. The Morgan fingerprint density at radius 2 is 1.93 bits per heavy atom. The fourth-order valence-electron chi connectivity index (χ4n) is 1.55. The zero-order chi connectivity index (χ0) is 10.9. The number of benzene rings is 2. The van der Waals surface area contributed by atoms with Crippen LogP contribution in [0.15, 0.2) is 36.4 Å². The van der Waals surface area contributed by atoms with Crippen molar-refractivity contribution in [2.24, 2.45) is 0 Å². The van der Waals surface area contributed by atoms with Gasteiger partial charge in [0.25, 0.3) is 0 Å². The van der Waals surface area contributed by atoms with E-state index < -0.39 is 8.32 Å². The molecule has 2 heteroatoms. The van der Waals surface area contributed by atoms with E-state index in [2.05, 4.69) is 37.8 Å². The highest BCUT2D eigenvalue weighted by atomic mass is 28.4. The third kappa shape index (κ3) is 2.39. The van der Waals surface area contributed by atoms with E-state index in [0.717, 1.165) is 5.75 Å². The first-order valence-corrected chi connectivity index (χ1v) is 8.55. The van der Waals surface area contributed by atoms with Gasteiger partial charge < -0.3 is 4.43 Å². The molecule has 1 nitrogen and oxygen atoms in total. The van der Waals surface area contributed by atoms with Crippen molar-refractivity contribution in [3.63, 3.8) is 0 Å². The lowest BCUT2D eigenvalue weighted by molar-refractivity contribution is 0.564. The van der Waals surface area contributed by atoms with Crippen molar-refractivity contribution in [2.45, 2.75) is 19.6 Å². The molecule has 0 aliphatic carbocycles. The smallest absolute Gasteiger partial charge is 0.242 e. The zero-order valence-electron chi connectivity index (χ0n) is 9.37. The van der Waals surface area contributed by atoms with E-state index in [1.807, 2.05) is 24.3 Å². The Balaban J connectivity index is 2.52. The van der Waals surface area contributed by atoms with Crippen molar-refractivity contribution in [3.8, 4) is 5.75 Å². The summed E-state index contributed by atoms with van der Waals surface area (Å²) in [7, 11) is -1.53. The minimum atomic E-state index is -1.53. The second kappa shape index (κ2) is 3.70. The topological polar surface area (TPSA) is 9.23 Å². The molecule has 0 aromatic heterocycles. The molecule has 0 amide bonds. The largest absolute Gasteiger partial charge is 0.544 e.